The van der Waals surface area contributed by atoms with Crippen LogP contribution in [0, 0.1) is 0 Å². The Kier molecular flexibility index (Phi) is 5.35. The summed E-state index contributed by atoms with van der Waals surface area (Å²) in [5, 5.41) is 3.13. The molecule has 2 N–H and O–H groups in total. The number of amides is 1. The molecule has 0 aliphatic heterocycles. The number of carbonyl (C=O) groups excluding carboxylic acids is 1. The molecule has 2 aromatic heterocycles. The number of halogens is 2. The third-order valence-electron chi connectivity index (χ3n) is 3.40. The smallest absolute Gasteiger partial charge is 0.271 e. The van der Waals surface area contributed by atoms with Crippen LogP contribution in [0.25, 0.3) is 11.3 Å². The van der Waals surface area contributed by atoms with Gasteiger partial charge >= 0.3 is 0 Å². The Hall–Kier alpha value is -2.38. The summed E-state index contributed by atoms with van der Waals surface area (Å²) in [5.41, 5.74) is 0.560. The second kappa shape index (κ2) is 7.67. The second-order valence-corrected chi connectivity index (χ2v) is 6.53. The topological polar surface area (TPSA) is 88.0 Å². The molecular formula is C17H13BrClN3O3. The van der Waals surface area contributed by atoms with Crippen molar-refractivity contribution >= 4 is 39.1 Å². The fourth-order valence-corrected chi connectivity index (χ4v) is 2.77. The van der Waals surface area contributed by atoms with Crippen LogP contribution in [0.1, 0.15) is 12.3 Å². The molecule has 0 atom stereocenters. The Labute approximate surface area is 156 Å². The van der Waals surface area contributed by atoms with Gasteiger partial charge in [0.1, 0.15) is 5.69 Å². The van der Waals surface area contributed by atoms with Gasteiger partial charge in [0.25, 0.3) is 5.56 Å². The van der Waals surface area contributed by atoms with Crippen LogP contribution >= 0.6 is 27.5 Å². The predicted octanol–water partition coefficient (Wildman–Crippen LogP) is 4.02. The van der Waals surface area contributed by atoms with Crippen molar-refractivity contribution in [3.63, 3.8) is 0 Å². The van der Waals surface area contributed by atoms with Crippen LogP contribution in [0.15, 0.2) is 56.4 Å². The van der Waals surface area contributed by atoms with Gasteiger partial charge in [0.15, 0.2) is 11.7 Å². The number of benzene rings is 1. The minimum atomic E-state index is -0.367. The number of aromatic nitrogens is 2. The quantitative estimate of drug-likeness (QED) is 0.650. The van der Waals surface area contributed by atoms with Gasteiger partial charge in [0.05, 0.1) is 11.2 Å². The van der Waals surface area contributed by atoms with E-state index in [1.54, 1.807) is 12.3 Å². The third-order valence-corrected chi connectivity index (χ3v) is 4.19. The number of oxazole rings is 1. The van der Waals surface area contributed by atoms with Crippen LogP contribution in [-0.2, 0) is 11.2 Å². The molecule has 0 fully saturated rings. The maximum absolute atomic E-state index is 12.0. The highest BCUT2D eigenvalue weighted by molar-refractivity contribution is 9.10. The molecule has 0 saturated heterocycles. The molecule has 25 heavy (non-hydrogen) atoms. The van der Waals surface area contributed by atoms with Crippen molar-refractivity contribution in [3.05, 3.63) is 68.5 Å². The number of rotatable bonds is 5. The molecule has 128 valence electrons. The summed E-state index contributed by atoms with van der Waals surface area (Å²) in [6.45, 7) is 0. The van der Waals surface area contributed by atoms with Crippen LogP contribution in [0.2, 0.25) is 5.02 Å². The minimum Gasteiger partial charge on any atom is -0.441 e. The molecule has 2 heterocycles. The van der Waals surface area contributed by atoms with Gasteiger partial charge in [-0.15, -0.1) is 0 Å². The molecule has 3 aromatic rings. The number of pyridine rings is 1. The van der Waals surface area contributed by atoms with Crippen molar-refractivity contribution in [2.75, 3.05) is 5.32 Å². The average Bonchev–Trinajstić information content (AvgIpc) is 3.05. The summed E-state index contributed by atoms with van der Waals surface area (Å²) in [5.74, 6) is 0.666. The maximum atomic E-state index is 12.0. The zero-order chi connectivity index (χ0) is 17.8. The van der Waals surface area contributed by atoms with E-state index in [0.29, 0.717) is 27.6 Å². The standard InChI is InChI=1S/C17H13BrClN3O3/c18-10-7-13(17(24)21-8-10)22-15(23)5-6-16-20-9-14(25-16)11-3-1-2-4-12(11)19/h1-4,7-9H,5-6H2,(H,21,24)(H,22,23). The van der Waals surface area contributed by atoms with Crippen LogP contribution in [0.5, 0.6) is 0 Å². The Bertz CT molecular complexity index is 968. The summed E-state index contributed by atoms with van der Waals surface area (Å²) < 4.78 is 6.31. The Morgan fingerprint density at radius 1 is 1.36 bits per heavy atom. The van der Waals surface area contributed by atoms with E-state index >= 15 is 0 Å². The van der Waals surface area contributed by atoms with Crippen molar-refractivity contribution < 1.29 is 9.21 Å². The second-order valence-electron chi connectivity index (χ2n) is 5.21. The molecule has 8 heteroatoms. The number of nitrogens with one attached hydrogen (secondary N) is 2. The van der Waals surface area contributed by atoms with E-state index in [1.807, 2.05) is 18.2 Å². The highest BCUT2D eigenvalue weighted by atomic mass is 79.9. The Balaban J connectivity index is 1.62. The zero-order valence-corrected chi connectivity index (χ0v) is 15.2. The summed E-state index contributed by atoms with van der Waals surface area (Å²) in [4.78, 5) is 30.3. The SMILES string of the molecule is O=C(CCc1ncc(-c2ccccc2Cl)o1)Nc1cc(Br)c[nH]c1=O. The summed E-state index contributed by atoms with van der Waals surface area (Å²) >= 11 is 9.36. The molecule has 0 radical (unpaired) electrons. The van der Waals surface area contributed by atoms with E-state index in [9.17, 15) is 9.59 Å². The van der Waals surface area contributed by atoms with Gasteiger partial charge in [0, 0.05) is 29.1 Å². The number of anilines is 1. The molecule has 0 aliphatic rings. The number of aromatic amines is 1. The molecule has 0 aliphatic carbocycles. The molecule has 0 bridgehead atoms. The van der Waals surface area contributed by atoms with Crippen molar-refractivity contribution in [1.29, 1.82) is 0 Å². The third kappa shape index (κ3) is 4.37. The highest BCUT2D eigenvalue weighted by Gasteiger charge is 2.12. The van der Waals surface area contributed by atoms with Gasteiger partial charge in [0.2, 0.25) is 5.91 Å². The van der Waals surface area contributed by atoms with Crippen LogP contribution in [0.4, 0.5) is 5.69 Å². The Morgan fingerprint density at radius 2 is 2.16 bits per heavy atom. The molecule has 0 saturated carbocycles. The molecule has 1 amide bonds. The lowest BCUT2D eigenvalue weighted by Gasteiger charge is -2.03. The zero-order valence-electron chi connectivity index (χ0n) is 12.9. The first-order valence-corrected chi connectivity index (χ1v) is 8.58. The van der Waals surface area contributed by atoms with Crippen molar-refractivity contribution in [2.45, 2.75) is 12.8 Å². The monoisotopic (exact) mass is 421 g/mol. The van der Waals surface area contributed by atoms with Gasteiger partial charge < -0.3 is 14.7 Å². The van der Waals surface area contributed by atoms with Gasteiger partial charge in [-0.3, -0.25) is 9.59 Å². The molecule has 0 spiro atoms. The number of carbonyl (C=O) groups is 1. The van der Waals surface area contributed by atoms with E-state index < -0.39 is 0 Å². The minimum absolute atomic E-state index is 0.133. The lowest BCUT2D eigenvalue weighted by Crippen LogP contribution is -2.19. The summed E-state index contributed by atoms with van der Waals surface area (Å²) in [6.07, 6.45) is 3.52. The number of aryl methyl sites for hydroxylation is 1. The van der Waals surface area contributed by atoms with Crippen LogP contribution < -0.4 is 10.9 Å². The van der Waals surface area contributed by atoms with E-state index in [1.165, 1.54) is 12.3 Å². The first kappa shape index (κ1) is 17.4. The number of H-pyrrole nitrogens is 1. The lowest BCUT2D eigenvalue weighted by atomic mass is 10.2. The predicted molar refractivity (Wildman–Crippen MR) is 98.7 cm³/mol. The first-order valence-electron chi connectivity index (χ1n) is 7.40. The first-order chi connectivity index (χ1) is 12.0. The van der Waals surface area contributed by atoms with E-state index in [4.69, 9.17) is 16.0 Å². The molecular weight excluding hydrogens is 410 g/mol. The number of hydrogen-bond acceptors (Lipinski definition) is 4. The normalized spacial score (nSPS) is 10.6. The van der Waals surface area contributed by atoms with E-state index in [2.05, 4.69) is 31.2 Å². The van der Waals surface area contributed by atoms with Crippen molar-refractivity contribution in [3.8, 4) is 11.3 Å². The van der Waals surface area contributed by atoms with E-state index in [-0.39, 0.29) is 23.6 Å². The number of hydrogen-bond donors (Lipinski definition) is 2. The van der Waals surface area contributed by atoms with Gasteiger partial charge in [-0.2, -0.15) is 0 Å². The fraction of sp³-hybridized carbons (Fsp3) is 0.118. The highest BCUT2D eigenvalue weighted by Crippen LogP contribution is 2.28. The van der Waals surface area contributed by atoms with Gasteiger partial charge in [-0.25, -0.2) is 4.98 Å². The fourth-order valence-electron chi connectivity index (χ4n) is 2.19. The number of nitrogens with zero attached hydrogens (tertiary/aromatic N) is 1. The van der Waals surface area contributed by atoms with Crippen molar-refractivity contribution in [1.82, 2.24) is 9.97 Å². The molecule has 0 unspecified atom stereocenters. The van der Waals surface area contributed by atoms with Gasteiger partial charge in [-0.1, -0.05) is 23.7 Å². The van der Waals surface area contributed by atoms with Gasteiger partial charge in [-0.05, 0) is 34.1 Å². The lowest BCUT2D eigenvalue weighted by molar-refractivity contribution is -0.116. The average molecular weight is 423 g/mol. The van der Waals surface area contributed by atoms with Crippen LogP contribution in [-0.4, -0.2) is 15.9 Å². The molecule has 3 rings (SSSR count). The summed E-state index contributed by atoms with van der Waals surface area (Å²) in [7, 11) is 0. The molecule has 1 aromatic carbocycles. The largest absolute Gasteiger partial charge is 0.441 e. The summed E-state index contributed by atoms with van der Waals surface area (Å²) in [6, 6.07) is 8.82. The maximum Gasteiger partial charge on any atom is 0.271 e. The van der Waals surface area contributed by atoms with Crippen LogP contribution in [0.3, 0.4) is 0 Å². The van der Waals surface area contributed by atoms with E-state index in [0.717, 1.165) is 5.56 Å². The van der Waals surface area contributed by atoms with Crippen molar-refractivity contribution in [2.24, 2.45) is 0 Å². The Morgan fingerprint density at radius 3 is 2.96 bits per heavy atom. The molecule has 6 nitrogen and oxygen atoms in total.